The quantitative estimate of drug-likeness (QED) is 0.0393. The van der Waals surface area contributed by atoms with Gasteiger partial charge in [-0.25, -0.2) is 0 Å². The van der Waals surface area contributed by atoms with E-state index in [1.165, 1.54) is 6.92 Å². The van der Waals surface area contributed by atoms with Crippen LogP contribution in [0.1, 0.15) is 90.4 Å². The minimum absolute atomic E-state index is 0.0314. The number of hydrogen-bond acceptors (Lipinski definition) is 12. The summed E-state index contributed by atoms with van der Waals surface area (Å²) in [4.78, 5) is 54.9. The average molecular weight is 613 g/mol. The van der Waals surface area contributed by atoms with E-state index in [0.717, 1.165) is 44.9 Å². The van der Waals surface area contributed by atoms with Crippen LogP contribution in [0.15, 0.2) is 0 Å². The Balaban J connectivity index is 6.56. The van der Waals surface area contributed by atoms with Crippen molar-refractivity contribution >= 4 is 23.1 Å². The highest BCUT2D eigenvalue weighted by molar-refractivity contribution is 6.07. The number of rotatable bonds is 30. The number of Topliss-reactive ketones (excluding diaryl/α,β-unsaturated/α-hetero) is 4. The molecule has 0 aliphatic heterocycles. The Morgan fingerprint density at radius 2 is 0.814 bits per heavy atom. The van der Waals surface area contributed by atoms with Crippen LogP contribution in [0.4, 0.5) is 0 Å². The van der Waals surface area contributed by atoms with Gasteiger partial charge in [0.15, 0.2) is 17.3 Å². The molecule has 0 amide bonds. The maximum absolute atomic E-state index is 14.1. The SMILES string of the molecule is CN[C@@H](CCCCN)C(=O)C(CC(C(=O)[C@H](CCCCN)NC)C(=O)[C@H](CCCCN)NC)N[C@@H](CCCCN)C(C)=O. The summed E-state index contributed by atoms with van der Waals surface area (Å²) in [5.74, 6) is -1.80. The largest absolute Gasteiger partial charge is 0.330 e. The lowest BCUT2D eigenvalue weighted by Crippen LogP contribution is -2.55. The number of ketones is 4. The zero-order valence-electron chi connectivity index (χ0n) is 27.4. The fraction of sp³-hybridized carbons (Fsp3) is 0.871. The Morgan fingerprint density at radius 3 is 1.12 bits per heavy atom. The monoisotopic (exact) mass is 613 g/mol. The minimum Gasteiger partial charge on any atom is -0.330 e. The topological polar surface area (TPSA) is 220 Å². The number of nitrogens with two attached hydrogens (primary N) is 4. The van der Waals surface area contributed by atoms with Crippen LogP contribution in [0.5, 0.6) is 0 Å². The molecule has 0 spiro atoms. The molecular weight excluding hydrogens is 548 g/mol. The Labute approximate surface area is 260 Å². The van der Waals surface area contributed by atoms with Gasteiger partial charge in [0.25, 0.3) is 0 Å². The standard InChI is InChI=1S/C31H64N8O4/c1-22(40)24(13-5-9-17-32)39-28(31(43)27(38-4)16-8-12-20-35)21-23(29(41)25(36-2)14-6-10-18-33)30(42)26(37-3)15-7-11-19-34/h23-28,36-39H,5-21,32-35H2,1-4H3/t24-,25-,26-,27-,28?/m0/s1. The maximum atomic E-state index is 14.1. The molecule has 43 heavy (non-hydrogen) atoms. The molecule has 12 nitrogen and oxygen atoms in total. The van der Waals surface area contributed by atoms with E-state index in [1.54, 1.807) is 21.1 Å². The summed E-state index contributed by atoms with van der Waals surface area (Å²) in [5, 5.41) is 12.6. The van der Waals surface area contributed by atoms with E-state index in [-0.39, 0.29) is 29.6 Å². The molecule has 0 aromatic heterocycles. The Morgan fingerprint density at radius 1 is 0.488 bits per heavy atom. The number of nitrogens with one attached hydrogen (secondary N) is 4. The molecule has 1 unspecified atom stereocenters. The van der Waals surface area contributed by atoms with E-state index >= 15 is 0 Å². The summed E-state index contributed by atoms with van der Waals surface area (Å²) in [7, 11) is 5.15. The zero-order chi connectivity index (χ0) is 32.6. The van der Waals surface area contributed by atoms with Gasteiger partial charge in [-0.2, -0.15) is 0 Å². The molecule has 12 heteroatoms. The van der Waals surface area contributed by atoms with Crippen LogP contribution in [0.2, 0.25) is 0 Å². The van der Waals surface area contributed by atoms with Gasteiger partial charge in [0.05, 0.1) is 36.1 Å². The molecule has 0 aliphatic rings. The van der Waals surface area contributed by atoms with Gasteiger partial charge in [-0.05, 0) is 112 Å². The van der Waals surface area contributed by atoms with Crippen LogP contribution in [0.3, 0.4) is 0 Å². The van der Waals surface area contributed by atoms with Gasteiger partial charge in [0.2, 0.25) is 0 Å². The first kappa shape index (κ1) is 41.4. The Hall–Kier alpha value is -1.64. The van der Waals surface area contributed by atoms with Crippen LogP contribution < -0.4 is 44.2 Å². The molecule has 0 bridgehead atoms. The summed E-state index contributed by atoms with van der Waals surface area (Å²) in [5.41, 5.74) is 22.7. The van der Waals surface area contributed by atoms with Gasteiger partial charge >= 0.3 is 0 Å². The lowest BCUT2D eigenvalue weighted by molar-refractivity contribution is -0.136. The summed E-state index contributed by atoms with van der Waals surface area (Å²) >= 11 is 0. The molecule has 0 saturated carbocycles. The molecule has 0 radical (unpaired) electrons. The third kappa shape index (κ3) is 16.3. The molecule has 12 N–H and O–H groups in total. The van der Waals surface area contributed by atoms with Crippen molar-refractivity contribution in [2.45, 2.75) is 121 Å². The fourth-order valence-corrected chi connectivity index (χ4v) is 5.51. The predicted molar refractivity (Wildman–Crippen MR) is 175 cm³/mol. The molecule has 0 rings (SSSR count). The van der Waals surface area contributed by atoms with Crippen LogP contribution in [0, 0.1) is 5.92 Å². The van der Waals surface area contributed by atoms with Gasteiger partial charge < -0.3 is 38.9 Å². The molecule has 5 atom stereocenters. The lowest BCUT2D eigenvalue weighted by Gasteiger charge is -2.31. The van der Waals surface area contributed by atoms with E-state index in [0.29, 0.717) is 58.3 Å². The summed E-state index contributed by atoms with van der Waals surface area (Å²) in [6.45, 7) is 3.56. The Kier molecular flexibility index (Phi) is 24.7. The molecule has 252 valence electrons. The molecule has 0 aliphatic carbocycles. The predicted octanol–water partition coefficient (Wildman–Crippen LogP) is -0.104. The molecule has 0 saturated heterocycles. The van der Waals surface area contributed by atoms with Gasteiger partial charge in [0, 0.05) is 0 Å². The van der Waals surface area contributed by atoms with Crippen LogP contribution in [0.25, 0.3) is 0 Å². The molecule has 0 heterocycles. The van der Waals surface area contributed by atoms with E-state index in [1.807, 2.05) is 0 Å². The second-order valence-electron chi connectivity index (χ2n) is 11.5. The van der Waals surface area contributed by atoms with Crippen LogP contribution >= 0.6 is 0 Å². The third-order valence-electron chi connectivity index (χ3n) is 8.26. The highest BCUT2D eigenvalue weighted by Gasteiger charge is 2.40. The first-order valence-electron chi connectivity index (χ1n) is 16.4. The Bertz CT molecular complexity index is 755. The first-order chi connectivity index (χ1) is 20.7. The van der Waals surface area contributed by atoms with E-state index in [2.05, 4.69) is 21.3 Å². The summed E-state index contributed by atoms with van der Waals surface area (Å²) in [6, 6.07) is -3.11. The fourth-order valence-electron chi connectivity index (χ4n) is 5.51. The smallest absolute Gasteiger partial charge is 0.166 e. The van der Waals surface area contributed by atoms with Crippen molar-refractivity contribution in [2.24, 2.45) is 28.9 Å². The summed E-state index contributed by atoms with van der Waals surface area (Å²) < 4.78 is 0. The molecule has 0 fully saturated rings. The number of hydrogen-bond donors (Lipinski definition) is 8. The van der Waals surface area contributed by atoms with Crippen molar-refractivity contribution in [1.29, 1.82) is 0 Å². The van der Waals surface area contributed by atoms with Crippen molar-refractivity contribution in [3.05, 3.63) is 0 Å². The zero-order valence-corrected chi connectivity index (χ0v) is 27.4. The van der Waals surface area contributed by atoms with Gasteiger partial charge in [-0.15, -0.1) is 0 Å². The van der Waals surface area contributed by atoms with Crippen LogP contribution in [-0.4, -0.2) is 101 Å². The second-order valence-corrected chi connectivity index (χ2v) is 11.5. The van der Waals surface area contributed by atoms with Crippen molar-refractivity contribution in [1.82, 2.24) is 21.3 Å². The molecule has 0 aromatic rings. The minimum atomic E-state index is -1.05. The summed E-state index contributed by atoms with van der Waals surface area (Å²) in [6.07, 6.45) is 8.10. The number of unbranched alkanes of at least 4 members (excludes halogenated alkanes) is 4. The lowest BCUT2D eigenvalue weighted by atomic mass is 9.80. The third-order valence-corrected chi connectivity index (χ3v) is 8.26. The average Bonchev–Trinajstić information content (AvgIpc) is 3.00. The highest BCUT2D eigenvalue weighted by atomic mass is 16.2. The molecule has 0 aromatic carbocycles. The van der Waals surface area contributed by atoms with Crippen molar-refractivity contribution in [3.8, 4) is 0 Å². The molecular formula is C31H64N8O4. The number of carbonyl (C=O) groups excluding carboxylic acids is 4. The van der Waals surface area contributed by atoms with Gasteiger partial charge in [-0.3, -0.25) is 24.5 Å². The highest BCUT2D eigenvalue weighted by Crippen LogP contribution is 2.21. The van der Waals surface area contributed by atoms with Crippen molar-refractivity contribution in [2.75, 3.05) is 47.3 Å². The number of carbonyl (C=O) groups is 4. The van der Waals surface area contributed by atoms with Crippen molar-refractivity contribution in [3.63, 3.8) is 0 Å². The first-order valence-corrected chi connectivity index (χ1v) is 16.4. The van der Waals surface area contributed by atoms with E-state index < -0.39 is 36.1 Å². The van der Waals surface area contributed by atoms with Gasteiger partial charge in [0.1, 0.15) is 5.78 Å². The van der Waals surface area contributed by atoms with E-state index in [9.17, 15) is 19.2 Å². The normalized spacial score (nSPS) is 15.2. The van der Waals surface area contributed by atoms with E-state index in [4.69, 9.17) is 22.9 Å². The number of likely N-dealkylation sites (N-methyl/N-ethyl adjacent to an activating group) is 3. The second kappa shape index (κ2) is 25.7. The van der Waals surface area contributed by atoms with Crippen LogP contribution in [-0.2, 0) is 19.2 Å². The maximum Gasteiger partial charge on any atom is 0.166 e. The van der Waals surface area contributed by atoms with Crippen molar-refractivity contribution < 1.29 is 19.2 Å². The van der Waals surface area contributed by atoms with Gasteiger partial charge in [-0.1, -0.05) is 25.7 Å².